The third-order valence-electron chi connectivity index (χ3n) is 2.84. The van der Waals surface area contributed by atoms with Crippen LogP contribution in [0, 0.1) is 0 Å². The topological polar surface area (TPSA) is 35.2 Å². The van der Waals surface area contributed by atoms with E-state index in [-0.39, 0.29) is 0 Å². The molecule has 0 aliphatic carbocycles. The molecule has 1 saturated heterocycles. The molecule has 0 bridgehead atoms. The second kappa shape index (κ2) is 5.54. The Balaban J connectivity index is 2.07. The van der Waals surface area contributed by atoms with Crippen LogP contribution in [0.25, 0.3) is 0 Å². The van der Waals surface area contributed by atoms with Gasteiger partial charge in [0.15, 0.2) is 0 Å². The van der Waals surface area contributed by atoms with E-state index in [4.69, 9.17) is 10.5 Å². The summed E-state index contributed by atoms with van der Waals surface area (Å²) in [6.45, 7) is 3.61. The molecule has 0 spiro atoms. The Morgan fingerprint density at radius 1 is 1.56 bits per heavy atom. The highest BCUT2D eigenvalue weighted by Gasteiger charge is 2.25. The van der Waals surface area contributed by atoms with E-state index >= 15 is 0 Å². The Labute approximate surface area is 109 Å². The van der Waals surface area contributed by atoms with Gasteiger partial charge in [-0.2, -0.15) is 0 Å². The number of ether oxygens (including phenoxy) is 1. The number of halogens is 1. The van der Waals surface area contributed by atoms with Crippen molar-refractivity contribution in [2.75, 3.05) is 6.61 Å². The molecule has 0 radical (unpaired) electrons. The Morgan fingerprint density at radius 2 is 2.38 bits per heavy atom. The molecule has 2 atom stereocenters. The summed E-state index contributed by atoms with van der Waals surface area (Å²) in [5.41, 5.74) is 6.78. The van der Waals surface area contributed by atoms with Crippen LogP contribution in [0.2, 0.25) is 0 Å². The fraction of sp³-hybridized carbons (Fsp3) is 0.500. The molecule has 1 aromatic carbocycles. The van der Waals surface area contributed by atoms with Crippen LogP contribution in [0.15, 0.2) is 27.6 Å². The molecule has 2 nitrogen and oxygen atoms in total. The number of hydrogen-bond donors (Lipinski definition) is 1. The molecule has 1 aromatic rings. The summed E-state index contributed by atoms with van der Waals surface area (Å²) in [5.74, 6) is 0. The molecule has 1 aliphatic heterocycles. The second-order valence-corrected chi connectivity index (χ2v) is 6.15. The Kier molecular flexibility index (Phi) is 4.30. The average Bonchev–Trinajstić information content (AvgIpc) is 2.65. The molecule has 0 aromatic heterocycles. The van der Waals surface area contributed by atoms with Crippen LogP contribution in [-0.4, -0.2) is 18.0 Å². The third-order valence-corrected chi connectivity index (χ3v) is 5.02. The van der Waals surface area contributed by atoms with Crippen LogP contribution in [0.5, 0.6) is 0 Å². The van der Waals surface area contributed by atoms with E-state index in [1.165, 1.54) is 4.90 Å². The maximum absolute atomic E-state index is 5.63. The molecule has 2 rings (SSSR count). The van der Waals surface area contributed by atoms with Crippen molar-refractivity contribution in [3.05, 3.63) is 28.2 Å². The third kappa shape index (κ3) is 2.80. The first-order chi connectivity index (χ1) is 7.70. The number of nitrogens with two attached hydrogens (primary N) is 1. The average molecular weight is 302 g/mol. The van der Waals surface area contributed by atoms with Gasteiger partial charge in [-0.3, -0.25) is 0 Å². The summed E-state index contributed by atoms with van der Waals surface area (Å²) >= 11 is 5.44. The molecule has 2 unspecified atom stereocenters. The van der Waals surface area contributed by atoms with Gasteiger partial charge in [0.05, 0.1) is 6.10 Å². The van der Waals surface area contributed by atoms with E-state index in [1.54, 1.807) is 0 Å². The molecule has 1 aliphatic rings. The van der Waals surface area contributed by atoms with Gasteiger partial charge in [0.2, 0.25) is 0 Å². The van der Waals surface area contributed by atoms with Crippen LogP contribution in [0.3, 0.4) is 0 Å². The lowest BCUT2D eigenvalue weighted by molar-refractivity contribution is 0.127. The largest absolute Gasteiger partial charge is 0.377 e. The van der Waals surface area contributed by atoms with Crippen molar-refractivity contribution in [1.29, 1.82) is 0 Å². The van der Waals surface area contributed by atoms with Crippen molar-refractivity contribution in [3.8, 4) is 0 Å². The Bertz CT molecular complexity index is 372. The van der Waals surface area contributed by atoms with Crippen LogP contribution in [0.1, 0.15) is 18.9 Å². The van der Waals surface area contributed by atoms with Crippen LogP contribution < -0.4 is 5.73 Å². The fourth-order valence-corrected chi connectivity index (χ4v) is 3.67. The van der Waals surface area contributed by atoms with Crippen molar-refractivity contribution in [2.45, 2.75) is 36.1 Å². The molecular formula is C12H16BrNOS. The highest BCUT2D eigenvalue weighted by Crippen LogP contribution is 2.34. The standard InChI is InChI=1S/C12H16BrNOS/c1-8-12(4-5-15-8)16-10-3-2-9(7-14)11(13)6-10/h2-3,6,8,12H,4-5,7,14H2,1H3. The Morgan fingerprint density at radius 3 is 2.94 bits per heavy atom. The molecule has 0 amide bonds. The van der Waals surface area contributed by atoms with Gasteiger partial charge in [0.1, 0.15) is 0 Å². The van der Waals surface area contributed by atoms with Crippen molar-refractivity contribution in [1.82, 2.24) is 0 Å². The summed E-state index contributed by atoms with van der Waals surface area (Å²) < 4.78 is 6.66. The van der Waals surface area contributed by atoms with E-state index in [9.17, 15) is 0 Å². The molecule has 16 heavy (non-hydrogen) atoms. The lowest BCUT2D eigenvalue weighted by Gasteiger charge is -2.14. The quantitative estimate of drug-likeness (QED) is 0.931. The molecule has 1 heterocycles. The summed E-state index contributed by atoms with van der Waals surface area (Å²) in [5, 5.41) is 0.579. The maximum atomic E-state index is 5.63. The van der Waals surface area contributed by atoms with Crippen LogP contribution >= 0.6 is 27.7 Å². The number of benzene rings is 1. The van der Waals surface area contributed by atoms with Gasteiger partial charge < -0.3 is 10.5 Å². The SMILES string of the molecule is CC1OCCC1Sc1ccc(CN)c(Br)c1. The fourth-order valence-electron chi connectivity index (χ4n) is 1.81. The van der Waals surface area contributed by atoms with E-state index in [2.05, 4.69) is 41.1 Å². The lowest BCUT2D eigenvalue weighted by atomic mass is 10.2. The van der Waals surface area contributed by atoms with E-state index < -0.39 is 0 Å². The molecule has 0 saturated carbocycles. The predicted molar refractivity (Wildman–Crippen MR) is 71.7 cm³/mol. The molecular weight excluding hydrogens is 286 g/mol. The summed E-state index contributed by atoms with van der Waals surface area (Å²) in [6, 6.07) is 6.38. The zero-order valence-corrected chi connectivity index (χ0v) is 11.7. The summed E-state index contributed by atoms with van der Waals surface area (Å²) in [7, 11) is 0. The minimum absolute atomic E-state index is 0.359. The zero-order chi connectivity index (χ0) is 11.5. The highest BCUT2D eigenvalue weighted by atomic mass is 79.9. The van der Waals surface area contributed by atoms with Gasteiger partial charge >= 0.3 is 0 Å². The zero-order valence-electron chi connectivity index (χ0n) is 9.28. The lowest BCUT2D eigenvalue weighted by Crippen LogP contribution is -2.12. The van der Waals surface area contributed by atoms with E-state index in [1.807, 2.05) is 11.8 Å². The first kappa shape index (κ1) is 12.4. The number of hydrogen-bond acceptors (Lipinski definition) is 3. The van der Waals surface area contributed by atoms with Crippen LogP contribution in [-0.2, 0) is 11.3 Å². The van der Waals surface area contributed by atoms with Crippen molar-refractivity contribution in [2.24, 2.45) is 5.73 Å². The smallest absolute Gasteiger partial charge is 0.0669 e. The van der Waals surface area contributed by atoms with Gasteiger partial charge in [0.25, 0.3) is 0 Å². The van der Waals surface area contributed by atoms with Crippen molar-refractivity contribution < 1.29 is 4.74 Å². The first-order valence-corrected chi connectivity index (χ1v) is 7.14. The normalized spacial score (nSPS) is 24.9. The highest BCUT2D eigenvalue weighted by molar-refractivity contribution is 9.10. The van der Waals surface area contributed by atoms with E-state index in [0.717, 1.165) is 23.1 Å². The van der Waals surface area contributed by atoms with Crippen molar-refractivity contribution >= 4 is 27.7 Å². The van der Waals surface area contributed by atoms with Gasteiger partial charge in [-0.05, 0) is 31.0 Å². The van der Waals surface area contributed by atoms with Crippen molar-refractivity contribution in [3.63, 3.8) is 0 Å². The van der Waals surface area contributed by atoms with Gasteiger partial charge in [-0.25, -0.2) is 0 Å². The summed E-state index contributed by atoms with van der Waals surface area (Å²) in [4.78, 5) is 1.28. The minimum Gasteiger partial charge on any atom is -0.377 e. The Hall–Kier alpha value is -0.0300. The number of rotatable bonds is 3. The second-order valence-electron chi connectivity index (χ2n) is 3.98. The minimum atomic E-state index is 0.359. The van der Waals surface area contributed by atoms with E-state index in [0.29, 0.717) is 17.9 Å². The molecule has 4 heteroatoms. The maximum Gasteiger partial charge on any atom is 0.0669 e. The van der Waals surface area contributed by atoms with Gasteiger partial charge in [-0.1, -0.05) is 22.0 Å². The van der Waals surface area contributed by atoms with Gasteiger partial charge in [0, 0.05) is 27.8 Å². The molecule has 88 valence electrons. The van der Waals surface area contributed by atoms with Crippen LogP contribution in [0.4, 0.5) is 0 Å². The molecule has 1 fully saturated rings. The molecule has 2 N–H and O–H groups in total. The first-order valence-electron chi connectivity index (χ1n) is 5.47. The summed E-state index contributed by atoms with van der Waals surface area (Å²) in [6.07, 6.45) is 1.50. The number of thioether (sulfide) groups is 1. The monoisotopic (exact) mass is 301 g/mol. The predicted octanol–water partition coefficient (Wildman–Crippen LogP) is 3.18. The van der Waals surface area contributed by atoms with Gasteiger partial charge in [-0.15, -0.1) is 11.8 Å².